The van der Waals surface area contributed by atoms with Gasteiger partial charge in [0.15, 0.2) is 0 Å². The van der Waals surface area contributed by atoms with Crippen LogP contribution in [0, 0.1) is 12.3 Å². The molecule has 1 aliphatic rings. The van der Waals surface area contributed by atoms with Crippen LogP contribution in [0.15, 0.2) is 71.8 Å². The van der Waals surface area contributed by atoms with Crippen molar-refractivity contribution in [3.8, 4) is 12.3 Å². The first-order valence-corrected chi connectivity index (χ1v) is 10.6. The number of carbonyl (C=O) groups is 4. The predicted octanol–water partition coefficient (Wildman–Crippen LogP) is 2.18. The van der Waals surface area contributed by atoms with Crippen molar-refractivity contribution in [3.63, 3.8) is 0 Å². The summed E-state index contributed by atoms with van der Waals surface area (Å²) >= 11 is 0. The molecule has 0 N–H and O–H groups in total. The third kappa shape index (κ3) is 6.18. The summed E-state index contributed by atoms with van der Waals surface area (Å²) < 4.78 is 15.7. The summed E-state index contributed by atoms with van der Waals surface area (Å²) in [5, 5.41) is 0. The summed E-state index contributed by atoms with van der Waals surface area (Å²) in [6.07, 6.45) is 5.53. The standard InChI is InChI=1S/C26H23NO7/c1-2-3-15-32-16-14-27-23(28)21(25(30)33-17-19-10-6-4-7-11-19)22(24(27)29)26(31)34-18-20-12-8-5-9-13-20/h1,4-13H,3,14-18H2. The van der Waals surface area contributed by atoms with Gasteiger partial charge in [0.05, 0.1) is 19.8 Å². The van der Waals surface area contributed by atoms with Crippen molar-refractivity contribution < 1.29 is 33.4 Å². The Morgan fingerprint density at radius 3 is 1.68 bits per heavy atom. The smallest absolute Gasteiger partial charge is 0.345 e. The van der Waals surface area contributed by atoms with E-state index in [1.54, 1.807) is 60.7 Å². The second kappa shape index (κ2) is 12.1. The van der Waals surface area contributed by atoms with Crippen LogP contribution in [0.2, 0.25) is 0 Å². The summed E-state index contributed by atoms with van der Waals surface area (Å²) in [5.74, 6) is -1.62. The Balaban J connectivity index is 1.76. The molecule has 34 heavy (non-hydrogen) atoms. The quantitative estimate of drug-likeness (QED) is 0.166. The van der Waals surface area contributed by atoms with E-state index in [0.717, 1.165) is 4.90 Å². The lowest BCUT2D eigenvalue weighted by atomic mass is 10.1. The van der Waals surface area contributed by atoms with Crippen molar-refractivity contribution in [2.24, 2.45) is 0 Å². The lowest BCUT2D eigenvalue weighted by Gasteiger charge is -2.14. The topological polar surface area (TPSA) is 99.2 Å². The fourth-order valence-electron chi connectivity index (χ4n) is 3.14. The molecule has 2 amide bonds. The van der Waals surface area contributed by atoms with E-state index in [1.807, 2.05) is 0 Å². The Bertz CT molecular complexity index is 1040. The third-order valence-electron chi connectivity index (χ3n) is 4.85. The van der Waals surface area contributed by atoms with Crippen molar-refractivity contribution in [3.05, 3.63) is 82.9 Å². The molecule has 0 radical (unpaired) electrons. The third-order valence-corrected chi connectivity index (χ3v) is 4.85. The molecular weight excluding hydrogens is 438 g/mol. The van der Waals surface area contributed by atoms with Crippen molar-refractivity contribution in [1.29, 1.82) is 0 Å². The molecule has 0 saturated carbocycles. The van der Waals surface area contributed by atoms with Crippen LogP contribution in [-0.2, 0) is 46.6 Å². The number of benzene rings is 2. The van der Waals surface area contributed by atoms with Gasteiger partial charge in [-0.25, -0.2) is 9.59 Å². The molecule has 0 fully saturated rings. The Labute approximate surface area is 197 Å². The van der Waals surface area contributed by atoms with Gasteiger partial charge < -0.3 is 14.2 Å². The maximum absolute atomic E-state index is 12.9. The molecule has 0 unspecified atom stereocenters. The highest BCUT2D eigenvalue weighted by Gasteiger charge is 2.46. The average molecular weight is 461 g/mol. The molecule has 0 atom stereocenters. The first kappa shape index (κ1) is 24.4. The Hall–Kier alpha value is -4.22. The van der Waals surface area contributed by atoms with Crippen LogP contribution in [0.25, 0.3) is 0 Å². The minimum Gasteiger partial charge on any atom is -0.457 e. The van der Waals surface area contributed by atoms with Crippen LogP contribution in [0.4, 0.5) is 0 Å². The van der Waals surface area contributed by atoms with E-state index in [1.165, 1.54) is 0 Å². The first-order chi connectivity index (χ1) is 16.5. The number of nitrogens with zero attached hydrogens (tertiary/aromatic N) is 1. The molecule has 2 aromatic rings. The lowest BCUT2D eigenvalue weighted by Crippen LogP contribution is -2.36. The van der Waals surface area contributed by atoms with Crippen LogP contribution < -0.4 is 0 Å². The van der Waals surface area contributed by atoms with E-state index in [9.17, 15) is 19.2 Å². The minimum absolute atomic E-state index is 0.00214. The number of imide groups is 1. The molecule has 0 aliphatic carbocycles. The minimum atomic E-state index is -1.08. The molecule has 3 rings (SSSR count). The van der Waals surface area contributed by atoms with Gasteiger partial charge >= 0.3 is 11.9 Å². The number of terminal acetylenes is 1. The van der Waals surface area contributed by atoms with E-state index in [2.05, 4.69) is 5.92 Å². The number of esters is 2. The number of rotatable bonds is 11. The van der Waals surface area contributed by atoms with Crippen LogP contribution in [0.1, 0.15) is 17.5 Å². The van der Waals surface area contributed by atoms with Crippen LogP contribution in [0.5, 0.6) is 0 Å². The van der Waals surface area contributed by atoms with Crippen LogP contribution in [-0.4, -0.2) is 48.4 Å². The van der Waals surface area contributed by atoms with Crippen molar-refractivity contribution in [1.82, 2.24) is 4.90 Å². The summed E-state index contributed by atoms with van der Waals surface area (Å²) in [6.45, 7) is -0.179. The SMILES string of the molecule is C#CCCOCCN1C(=O)C(C(=O)OCc2ccccc2)=C(C(=O)OCc2ccccc2)C1=O. The number of amides is 2. The number of hydrogen-bond acceptors (Lipinski definition) is 7. The van der Waals surface area contributed by atoms with E-state index < -0.39 is 34.9 Å². The molecule has 1 heterocycles. The number of carbonyl (C=O) groups excluding carboxylic acids is 4. The highest BCUT2D eigenvalue weighted by molar-refractivity contribution is 6.38. The Kier molecular flexibility index (Phi) is 8.72. The zero-order valence-electron chi connectivity index (χ0n) is 18.4. The maximum Gasteiger partial charge on any atom is 0.345 e. The van der Waals surface area contributed by atoms with Gasteiger partial charge in [-0.05, 0) is 11.1 Å². The van der Waals surface area contributed by atoms with Gasteiger partial charge in [-0.15, -0.1) is 12.3 Å². The Morgan fingerprint density at radius 2 is 1.24 bits per heavy atom. The summed E-state index contributed by atoms with van der Waals surface area (Å²) in [7, 11) is 0. The summed E-state index contributed by atoms with van der Waals surface area (Å²) in [6, 6.07) is 17.6. The lowest BCUT2D eigenvalue weighted by molar-refractivity contribution is -0.144. The molecule has 0 spiro atoms. The second-order valence-electron chi connectivity index (χ2n) is 7.20. The first-order valence-electron chi connectivity index (χ1n) is 10.6. The van der Waals surface area contributed by atoms with Crippen LogP contribution in [0.3, 0.4) is 0 Å². The largest absolute Gasteiger partial charge is 0.457 e. The van der Waals surface area contributed by atoms with Gasteiger partial charge in [-0.3, -0.25) is 14.5 Å². The van der Waals surface area contributed by atoms with Crippen molar-refractivity contribution in [2.45, 2.75) is 19.6 Å². The molecular formula is C26H23NO7. The monoisotopic (exact) mass is 461 g/mol. The number of ether oxygens (including phenoxy) is 3. The molecule has 0 aromatic heterocycles. The van der Waals surface area contributed by atoms with Crippen molar-refractivity contribution >= 4 is 23.8 Å². The number of hydrogen-bond donors (Lipinski definition) is 0. The van der Waals surface area contributed by atoms with Gasteiger partial charge in [0, 0.05) is 6.42 Å². The molecule has 174 valence electrons. The highest BCUT2D eigenvalue weighted by atomic mass is 16.5. The Morgan fingerprint density at radius 1 is 0.765 bits per heavy atom. The van der Waals surface area contributed by atoms with Crippen molar-refractivity contribution in [2.75, 3.05) is 19.8 Å². The fourth-order valence-corrected chi connectivity index (χ4v) is 3.14. The van der Waals surface area contributed by atoms with E-state index in [0.29, 0.717) is 17.5 Å². The molecule has 8 heteroatoms. The average Bonchev–Trinajstić information content (AvgIpc) is 3.11. The fraction of sp³-hybridized carbons (Fsp3) is 0.231. The van der Waals surface area contributed by atoms with Crippen LogP contribution >= 0.6 is 0 Å². The zero-order chi connectivity index (χ0) is 24.3. The predicted molar refractivity (Wildman–Crippen MR) is 120 cm³/mol. The van der Waals surface area contributed by atoms with E-state index in [-0.39, 0.29) is 33.0 Å². The summed E-state index contributed by atoms with van der Waals surface area (Å²) in [5.41, 5.74) is 0.0608. The van der Waals surface area contributed by atoms with E-state index >= 15 is 0 Å². The summed E-state index contributed by atoms with van der Waals surface area (Å²) in [4.78, 5) is 52.2. The highest BCUT2D eigenvalue weighted by Crippen LogP contribution is 2.24. The van der Waals surface area contributed by atoms with Gasteiger partial charge in [-0.1, -0.05) is 60.7 Å². The van der Waals surface area contributed by atoms with Gasteiger partial charge in [-0.2, -0.15) is 0 Å². The maximum atomic E-state index is 12.9. The van der Waals surface area contributed by atoms with Gasteiger partial charge in [0.1, 0.15) is 24.4 Å². The van der Waals surface area contributed by atoms with Gasteiger partial charge in [0.25, 0.3) is 11.8 Å². The molecule has 8 nitrogen and oxygen atoms in total. The van der Waals surface area contributed by atoms with E-state index in [4.69, 9.17) is 20.6 Å². The second-order valence-corrected chi connectivity index (χ2v) is 7.20. The molecule has 2 aromatic carbocycles. The molecule has 1 aliphatic heterocycles. The zero-order valence-corrected chi connectivity index (χ0v) is 18.4. The van der Waals surface area contributed by atoms with Gasteiger partial charge in [0.2, 0.25) is 0 Å². The molecule has 0 bridgehead atoms. The normalized spacial score (nSPS) is 13.1. The molecule has 0 saturated heterocycles.